The van der Waals surface area contributed by atoms with E-state index in [0.717, 1.165) is 37.8 Å². The summed E-state index contributed by atoms with van der Waals surface area (Å²) in [6, 6.07) is 6.88. The van der Waals surface area contributed by atoms with Crippen LogP contribution in [0, 0.1) is 12.8 Å². The van der Waals surface area contributed by atoms with Crippen LogP contribution < -0.4 is 10.1 Å². The maximum absolute atomic E-state index is 5.58. The molecule has 2 rings (SSSR count). The summed E-state index contributed by atoms with van der Waals surface area (Å²) in [5.41, 5.74) is 2.53. The van der Waals surface area contributed by atoms with Crippen LogP contribution in [0.15, 0.2) is 18.2 Å². The van der Waals surface area contributed by atoms with Gasteiger partial charge in [0.1, 0.15) is 5.75 Å². The van der Waals surface area contributed by atoms with Crippen LogP contribution in [-0.4, -0.2) is 26.9 Å². The maximum Gasteiger partial charge on any atom is 0.123 e. The smallest absolute Gasteiger partial charge is 0.123 e. The standard InChI is InChI=1S/C17H27NO2/c1-4-18-16(12-14-7-9-20-10-8-14)15-6-5-13(2)11-17(15)19-3/h5-6,11,14,16,18H,4,7-10,12H2,1-3H3. The summed E-state index contributed by atoms with van der Waals surface area (Å²) in [6.07, 6.45) is 3.52. The van der Waals surface area contributed by atoms with Crippen molar-refractivity contribution in [2.45, 2.75) is 39.2 Å². The van der Waals surface area contributed by atoms with Gasteiger partial charge in [-0.1, -0.05) is 19.1 Å². The van der Waals surface area contributed by atoms with E-state index in [9.17, 15) is 0 Å². The zero-order valence-electron chi connectivity index (χ0n) is 12.9. The van der Waals surface area contributed by atoms with Crippen molar-refractivity contribution in [3.63, 3.8) is 0 Å². The normalized spacial score (nSPS) is 17.9. The van der Waals surface area contributed by atoms with Crippen LogP contribution in [-0.2, 0) is 4.74 Å². The number of ether oxygens (including phenoxy) is 2. The van der Waals surface area contributed by atoms with E-state index in [4.69, 9.17) is 9.47 Å². The molecule has 1 unspecified atom stereocenters. The van der Waals surface area contributed by atoms with E-state index < -0.39 is 0 Å². The first-order valence-electron chi connectivity index (χ1n) is 7.70. The van der Waals surface area contributed by atoms with Gasteiger partial charge in [-0.25, -0.2) is 0 Å². The summed E-state index contributed by atoms with van der Waals surface area (Å²) >= 11 is 0. The number of methoxy groups -OCH3 is 1. The molecule has 0 spiro atoms. The molecule has 1 atom stereocenters. The first-order chi connectivity index (χ1) is 9.74. The lowest BCUT2D eigenvalue weighted by Crippen LogP contribution is -2.26. The maximum atomic E-state index is 5.58. The monoisotopic (exact) mass is 277 g/mol. The lowest BCUT2D eigenvalue weighted by molar-refractivity contribution is 0.0605. The van der Waals surface area contributed by atoms with Gasteiger partial charge in [-0.3, -0.25) is 0 Å². The molecule has 0 aliphatic carbocycles. The molecule has 1 aromatic rings. The van der Waals surface area contributed by atoms with Gasteiger partial charge < -0.3 is 14.8 Å². The van der Waals surface area contributed by atoms with Crippen LogP contribution in [0.4, 0.5) is 0 Å². The van der Waals surface area contributed by atoms with E-state index in [-0.39, 0.29) is 0 Å². The van der Waals surface area contributed by atoms with Crippen molar-refractivity contribution >= 4 is 0 Å². The van der Waals surface area contributed by atoms with Crippen LogP contribution in [0.2, 0.25) is 0 Å². The van der Waals surface area contributed by atoms with Crippen molar-refractivity contribution in [3.8, 4) is 5.75 Å². The molecule has 20 heavy (non-hydrogen) atoms. The number of hydrogen-bond donors (Lipinski definition) is 1. The first kappa shape index (κ1) is 15.3. The number of nitrogens with one attached hydrogen (secondary N) is 1. The Hall–Kier alpha value is -1.06. The Morgan fingerprint density at radius 1 is 1.35 bits per heavy atom. The lowest BCUT2D eigenvalue weighted by atomic mass is 9.89. The van der Waals surface area contributed by atoms with Gasteiger partial charge in [-0.05, 0) is 50.3 Å². The van der Waals surface area contributed by atoms with Gasteiger partial charge in [0.2, 0.25) is 0 Å². The van der Waals surface area contributed by atoms with Gasteiger partial charge in [-0.2, -0.15) is 0 Å². The molecule has 1 heterocycles. The Labute approximate surface area is 122 Å². The number of hydrogen-bond acceptors (Lipinski definition) is 3. The molecule has 0 amide bonds. The SMILES string of the molecule is CCNC(CC1CCOCC1)c1ccc(C)cc1OC. The van der Waals surface area contributed by atoms with Crippen molar-refractivity contribution in [2.24, 2.45) is 5.92 Å². The highest BCUT2D eigenvalue weighted by Crippen LogP contribution is 2.33. The summed E-state index contributed by atoms with van der Waals surface area (Å²) < 4.78 is 11.0. The number of aryl methyl sites for hydroxylation is 1. The molecule has 1 N–H and O–H groups in total. The Bertz CT molecular complexity index is 413. The van der Waals surface area contributed by atoms with E-state index in [2.05, 4.69) is 37.4 Å². The zero-order valence-corrected chi connectivity index (χ0v) is 12.9. The van der Waals surface area contributed by atoms with Gasteiger partial charge in [0, 0.05) is 24.8 Å². The fraction of sp³-hybridized carbons (Fsp3) is 0.647. The lowest BCUT2D eigenvalue weighted by Gasteiger charge is -2.28. The van der Waals surface area contributed by atoms with Crippen molar-refractivity contribution in [3.05, 3.63) is 29.3 Å². The van der Waals surface area contributed by atoms with Gasteiger partial charge >= 0.3 is 0 Å². The van der Waals surface area contributed by atoms with Gasteiger partial charge in [-0.15, -0.1) is 0 Å². The predicted molar refractivity (Wildman–Crippen MR) is 82.3 cm³/mol. The molecule has 0 bridgehead atoms. The fourth-order valence-corrected chi connectivity index (χ4v) is 2.99. The zero-order chi connectivity index (χ0) is 14.4. The third-order valence-corrected chi connectivity index (χ3v) is 4.12. The quantitative estimate of drug-likeness (QED) is 0.863. The van der Waals surface area contributed by atoms with Crippen molar-refractivity contribution < 1.29 is 9.47 Å². The van der Waals surface area contributed by atoms with Crippen molar-refractivity contribution in [2.75, 3.05) is 26.9 Å². The molecule has 1 aliphatic rings. The summed E-state index contributed by atoms with van der Waals surface area (Å²) in [4.78, 5) is 0. The molecule has 0 aromatic heterocycles. The molecular weight excluding hydrogens is 250 g/mol. The van der Waals surface area contributed by atoms with Crippen molar-refractivity contribution in [1.29, 1.82) is 0 Å². The second-order valence-corrected chi connectivity index (χ2v) is 5.65. The number of benzene rings is 1. The average Bonchev–Trinajstić information content (AvgIpc) is 2.48. The molecule has 112 valence electrons. The van der Waals surface area contributed by atoms with E-state index in [1.165, 1.54) is 24.0 Å². The topological polar surface area (TPSA) is 30.5 Å². The molecule has 1 aromatic carbocycles. The second-order valence-electron chi connectivity index (χ2n) is 5.65. The molecule has 1 fully saturated rings. The predicted octanol–water partition coefficient (Wildman–Crippen LogP) is 3.47. The Morgan fingerprint density at radius 3 is 2.75 bits per heavy atom. The van der Waals surface area contributed by atoms with E-state index in [1.807, 2.05) is 0 Å². The van der Waals surface area contributed by atoms with E-state index in [1.54, 1.807) is 7.11 Å². The Kier molecular flexibility index (Phi) is 5.86. The second kappa shape index (κ2) is 7.65. The van der Waals surface area contributed by atoms with Crippen LogP contribution in [0.25, 0.3) is 0 Å². The minimum atomic E-state index is 0.374. The minimum absolute atomic E-state index is 0.374. The number of rotatable bonds is 6. The highest BCUT2D eigenvalue weighted by Gasteiger charge is 2.22. The van der Waals surface area contributed by atoms with Crippen LogP contribution in [0.1, 0.15) is 43.4 Å². The van der Waals surface area contributed by atoms with Crippen LogP contribution >= 0.6 is 0 Å². The Morgan fingerprint density at radius 2 is 2.10 bits per heavy atom. The molecule has 3 nitrogen and oxygen atoms in total. The summed E-state index contributed by atoms with van der Waals surface area (Å²) in [6.45, 7) is 7.07. The van der Waals surface area contributed by atoms with Gasteiger partial charge in [0.25, 0.3) is 0 Å². The molecule has 3 heteroatoms. The molecule has 1 aliphatic heterocycles. The highest BCUT2D eigenvalue weighted by atomic mass is 16.5. The first-order valence-corrected chi connectivity index (χ1v) is 7.70. The van der Waals surface area contributed by atoms with Crippen LogP contribution in [0.5, 0.6) is 5.75 Å². The average molecular weight is 277 g/mol. The fourth-order valence-electron chi connectivity index (χ4n) is 2.99. The third kappa shape index (κ3) is 3.97. The van der Waals surface area contributed by atoms with Gasteiger partial charge in [0.15, 0.2) is 0 Å². The summed E-state index contributed by atoms with van der Waals surface area (Å²) in [7, 11) is 1.76. The summed E-state index contributed by atoms with van der Waals surface area (Å²) in [5, 5.41) is 3.62. The molecule has 0 saturated carbocycles. The van der Waals surface area contributed by atoms with Crippen LogP contribution in [0.3, 0.4) is 0 Å². The Balaban J connectivity index is 2.14. The molecular formula is C17H27NO2. The molecule has 1 saturated heterocycles. The third-order valence-electron chi connectivity index (χ3n) is 4.12. The largest absolute Gasteiger partial charge is 0.496 e. The van der Waals surface area contributed by atoms with Crippen molar-refractivity contribution in [1.82, 2.24) is 5.32 Å². The minimum Gasteiger partial charge on any atom is -0.496 e. The van der Waals surface area contributed by atoms with E-state index in [0.29, 0.717) is 6.04 Å². The molecule has 0 radical (unpaired) electrons. The van der Waals surface area contributed by atoms with Gasteiger partial charge in [0.05, 0.1) is 7.11 Å². The van der Waals surface area contributed by atoms with E-state index >= 15 is 0 Å². The highest BCUT2D eigenvalue weighted by molar-refractivity contribution is 5.39. The summed E-state index contributed by atoms with van der Waals surface area (Å²) in [5.74, 6) is 1.75.